The lowest BCUT2D eigenvalue weighted by Crippen LogP contribution is -2.53. The van der Waals surface area contributed by atoms with Gasteiger partial charge in [-0.15, -0.1) is 0 Å². The van der Waals surface area contributed by atoms with E-state index in [0.717, 1.165) is 18.7 Å². The number of carbonyl (C=O) groups excluding carboxylic acids is 1. The lowest BCUT2D eigenvalue weighted by atomic mass is 10.1. The number of likely N-dealkylation sites (tertiary alicyclic amines) is 1. The van der Waals surface area contributed by atoms with Crippen molar-refractivity contribution in [1.82, 2.24) is 9.80 Å². The van der Waals surface area contributed by atoms with Crippen molar-refractivity contribution in [2.75, 3.05) is 20.1 Å². The minimum absolute atomic E-state index is 0.205. The molecule has 2 bridgehead atoms. The maximum atomic E-state index is 12.6. The highest BCUT2D eigenvalue weighted by Crippen LogP contribution is 2.29. The highest BCUT2D eigenvalue weighted by Gasteiger charge is 2.39. The van der Waals surface area contributed by atoms with Gasteiger partial charge in [0, 0.05) is 30.7 Å². The fraction of sp³-hybridized carbons (Fsp3) is 0.562. The largest absolute Gasteiger partial charge is 0.336 e. The van der Waals surface area contributed by atoms with Crippen molar-refractivity contribution in [2.24, 2.45) is 0 Å². The highest BCUT2D eigenvalue weighted by atomic mass is 16.2. The molecule has 0 spiro atoms. The summed E-state index contributed by atoms with van der Waals surface area (Å²) in [7, 11) is 2.20. The third-order valence-electron chi connectivity index (χ3n) is 4.60. The van der Waals surface area contributed by atoms with Crippen LogP contribution in [0, 0.1) is 13.8 Å². The first kappa shape index (κ1) is 12.7. The summed E-state index contributed by atoms with van der Waals surface area (Å²) < 4.78 is 0. The minimum atomic E-state index is 0.205. The molecule has 1 aromatic carbocycles. The summed E-state index contributed by atoms with van der Waals surface area (Å²) in [6, 6.07) is 7.26. The van der Waals surface area contributed by atoms with Crippen LogP contribution in [-0.2, 0) is 0 Å². The Balaban J connectivity index is 1.81. The molecule has 1 aromatic rings. The summed E-state index contributed by atoms with van der Waals surface area (Å²) in [5.41, 5.74) is 3.18. The zero-order chi connectivity index (χ0) is 13.6. The van der Waals surface area contributed by atoms with Gasteiger partial charge in [-0.1, -0.05) is 17.2 Å². The van der Waals surface area contributed by atoms with Gasteiger partial charge >= 0.3 is 0 Å². The molecule has 0 aromatic heterocycles. The van der Waals surface area contributed by atoms with Crippen LogP contribution < -0.4 is 0 Å². The fourth-order valence-electron chi connectivity index (χ4n) is 3.56. The Morgan fingerprint density at radius 3 is 2.11 bits per heavy atom. The first-order valence-corrected chi connectivity index (χ1v) is 7.14. The number of hydrogen-bond acceptors (Lipinski definition) is 2. The standard InChI is InChI=1S/C16H22N2O/c1-11-6-12(2)8-13(7-11)16(19)18-9-14-4-5-15(10-18)17(14)3/h6-8,14-15H,4-5,9-10H2,1-3H3. The van der Waals surface area contributed by atoms with E-state index < -0.39 is 0 Å². The average molecular weight is 258 g/mol. The predicted octanol–water partition coefficient (Wildman–Crippen LogP) is 2.22. The van der Waals surface area contributed by atoms with Crippen LogP contribution in [0.2, 0.25) is 0 Å². The van der Waals surface area contributed by atoms with Gasteiger partial charge in [-0.25, -0.2) is 0 Å². The third-order valence-corrected chi connectivity index (χ3v) is 4.60. The van der Waals surface area contributed by atoms with Crippen LogP contribution in [0.1, 0.15) is 34.3 Å². The normalized spacial score (nSPS) is 26.8. The van der Waals surface area contributed by atoms with E-state index in [-0.39, 0.29) is 5.91 Å². The number of benzene rings is 1. The van der Waals surface area contributed by atoms with Crippen LogP contribution >= 0.6 is 0 Å². The van der Waals surface area contributed by atoms with Crippen LogP contribution in [0.3, 0.4) is 0 Å². The Hall–Kier alpha value is -1.35. The number of fused-ring (bicyclic) bond motifs is 2. The van der Waals surface area contributed by atoms with Gasteiger partial charge in [0.15, 0.2) is 0 Å². The zero-order valence-corrected chi connectivity index (χ0v) is 12.0. The topological polar surface area (TPSA) is 23.6 Å². The van der Waals surface area contributed by atoms with E-state index in [4.69, 9.17) is 0 Å². The Labute approximate surface area is 115 Å². The van der Waals surface area contributed by atoms with E-state index in [9.17, 15) is 4.79 Å². The Kier molecular flexibility index (Phi) is 3.09. The van der Waals surface area contributed by atoms with E-state index in [1.54, 1.807) is 0 Å². The van der Waals surface area contributed by atoms with Gasteiger partial charge in [-0.05, 0) is 45.9 Å². The molecule has 2 heterocycles. The number of piperazine rings is 1. The molecule has 0 N–H and O–H groups in total. The van der Waals surface area contributed by atoms with Crippen LogP contribution in [0.5, 0.6) is 0 Å². The van der Waals surface area contributed by atoms with Crippen molar-refractivity contribution < 1.29 is 4.79 Å². The molecule has 0 radical (unpaired) electrons. The highest BCUT2D eigenvalue weighted by molar-refractivity contribution is 5.94. The van der Waals surface area contributed by atoms with Crippen LogP contribution in [0.25, 0.3) is 0 Å². The van der Waals surface area contributed by atoms with E-state index in [1.165, 1.54) is 24.0 Å². The number of rotatable bonds is 1. The van der Waals surface area contributed by atoms with Crippen molar-refractivity contribution >= 4 is 5.91 Å². The van der Waals surface area contributed by atoms with Crippen molar-refractivity contribution in [2.45, 2.75) is 38.8 Å². The second kappa shape index (κ2) is 4.64. The van der Waals surface area contributed by atoms with Crippen molar-refractivity contribution in [3.8, 4) is 0 Å². The van der Waals surface area contributed by atoms with Gasteiger partial charge in [0.05, 0.1) is 0 Å². The first-order chi connectivity index (χ1) is 9.04. The summed E-state index contributed by atoms with van der Waals surface area (Å²) in [6.45, 7) is 5.88. The molecular weight excluding hydrogens is 236 g/mol. The second-order valence-electron chi connectivity index (χ2n) is 6.14. The predicted molar refractivity (Wildman–Crippen MR) is 76.4 cm³/mol. The van der Waals surface area contributed by atoms with Crippen LogP contribution in [0.15, 0.2) is 18.2 Å². The van der Waals surface area contributed by atoms with E-state index in [1.807, 2.05) is 12.1 Å². The van der Waals surface area contributed by atoms with Gasteiger partial charge < -0.3 is 4.90 Å². The van der Waals surface area contributed by atoms with E-state index in [0.29, 0.717) is 12.1 Å². The molecule has 3 heteroatoms. The quantitative estimate of drug-likeness (QED) is 0.771. The molecule has 3 nitrogen and oxygen atoms in total. The Bertz CT molecular complexity index is 477. The van der Waals surface area contributed by atoms with Gasteiger partial charge in [0.25, 0.3) is 5.91 Å². The zero-order valence-electron chi connectivity index (χ0n) is 12.0. The maximum absolute atomic E-state index is 12.6. The summed E-state index contributed by atoms with van der Waals surface area (Å²) in [5, 5.41) is 0. The van der Waals surface area contributed by atoms with Gasteiger partial charge in [-0.2, -0.15) is 0 Å². The molecule has 2 unspecified atom stereocenters. The smallest absolute Gasteiger partial charge is 0.253 e. The number of nitrogens with zero attached hydrogens (tertiary/aromatic N) is 2. The second-order valence-corrected chi connectivity index (χ2v) is 6.14. The van der Waals surface area contributed by atoms with Gasteiger partial charge in [-0.3, -0.25) is 9.69 Å². The Morgan fingerprint density at radius 1 is 1.05 bits per heavy atom. The number of likely N-dealkylation sites (N-methyl/N-ethyl adjacent to an activating group) is 1. The van der Waals surface area contributed by atoms with Crippen molar-refractivity contribution in [3.63, 3.8) is 0 Å². The van der Waals surface area contributed by atoms with E-state index in [2.05, 4.69) is 36.8 Å². The number of aryl methyl sites for hydroxylation is 2. The molecule has 0 saturated carbocycles. The maximum Gasteiger partial charge on any atom is 0.253 e. The van der Waals surface area contributed by atoms with Crippen molar-refractivity contribution in [1.29, 1.82) is 0 Å². The first-order valence-electron chi connectivity index (χ1n) is 7.14. The third kappa shape index (κ3) is 2.27. The number of amides is 1. The molecule has 102 valence electrons. The fourth-order valence-corrected chi connectivity index (χ4v) is 3.56. The Morgan fingerprint density at radius 2 is 1.58 bits per heavy atom. The summed E-state index contributed by atoms with van der Waals surface area (Å²) in [5.74, 6) is 0.205. The lowest BCUT2D eigenvalue weighted by molar-refractivity contribution is 0.0524. The van der Waals surface area contributed by atoms with Crippen molar-refractivity contribution in [3.05, 3.63) is 34.9 Å². The summed E-state index contributed by atoms with van der Waals surface area (Å²) in [4.78, 5) is 17.1. The molecule has 2 fully saturated rings. The molecule has 2 aliphatic rings. The molecule has 3 rings (SSSR count). The lowest BCUT2D eigenvalue weighted by Gasteiger charge is -2.39. The molecule has 2 atom stereocenters. The average Bonchev–Trinajstić information content (AvgIpc) is 2.60. The number of hydrogen-bond donors (Lipinski definition) is 0. The molecule has 1 amide bonds. The summed E-state index contributed by atoms with van der Waals surface area (Å²) in [6.07, 6.45) is 2.47. The van der Waals surface area contributed by atoms with Gasteiger partial charge in [0.1, 0.15) is 0 Å². The molecule has 2 saturated heterocycles. The van der Waals surface area contributed by atoms with E-state index >= 15 is 0 Å². The molecule has 19 heavy (non-hydrogen) atoms. The number of carbonyl (C=O) groups is 1. The molecule has 2 aliphatic heterocycles. The van der Waals surface area contributed by atoms with Gasteiger partial charge in [0.2, 0.25) is 0 Å². The molecule has 0 aliphatic carbocycles. The SMILES string of the molecule is Cc1cc(C)cc(C(=O)N2CC3CCC(C2)N3C)c1. The molecular formula is C16H22N2O. The monoisotopic (exact) mass is 258 g/mol. The van der Waals surface area contributed by atoms with Crippen LogP contribution in [-0.4, -0.2) is 47.9 Å². The minimum Gasteiger partial charge on any atom is -0.336 e. The summed E-state index contributed by atoms with van der Waals surface area (Å²) >= 11 is 0. The van der Waals surface area contributed by atoms with Crippen LogP contribution in [0.4, 0.5) is 0 Å².